The highest BCUT2D eigenvalue weighted by Crippen LogP contribution is 2.28. The Bertz CT molecular complexity index is 763. The summed E-state index contributed by atoms with van der Waals surface area (Å²) in [5.41, 5.74) is 2.02. The molecule has 6 heteroatoms. The van der Waals surface area contributed by atoms with Crippen LogP contribution < -0.4 is 0 Å². The lowest BCUT2D eigenvalue weighted by Crippen LogP contribution is -2.51. The van der Waals surface area contributed by atoms with Gasteiger partial charge in [-0.3, -0.25) is 4.79 Å². The summed E-state index contributed by atoms with van der Waals surface area (Å²) in [6, 6.07) is 19.5. The highest BCUT2D eigenvalue weighted by molar-refractivity contribution is 5.70. The molecule has 29 heavy (non-hydrogen) atoms. The maximum atomic E-state index is 11.7. The molecule has 2 aromatic rings. The molecule has 0 N–H and O–H groups in total. The van der Waals surface area contributed by atoms with Crippen LogP contribution in [0.5, 0.6) is 0 Å². The van der Waals surface area contributed by atoms with E-state index in [0.29, 0.717) is 19.6 Å². The van der Waals surface area contributed by atoms with Gasteiger partial charge >= 0.3 is 5.97 Å². The summed E-state index contributed by atoms with van der Waals surface area (Å²) in [4.78, 5) is 23.4. The second kappa shape index (κ2) is 10.9. The zero-order valence-electron chi connectivity index (χ0n) is 16.4. The average molecular weight is 398 g/mol. The smallest absolute Gasteiger partial charge is 0.308 e. The van der Waals surface area contributed by atoms with Crippen LogP contribution in [0.3, 0.4) is 0 Å². The van der Waals surface area contributed by atoms with E-state index in [0.717, 1.165) is 17.4 Å². The van der Waals surface area contributed by atoms with Crippen LogP contribution in [0.4, 0.5) is 0 Å². The molecule has 0 amide bonds. The summed E-state index contributed by atoms with van der Waals surface area (Å²) in [5.74, 6) is -0.384. The predicted molar refractivity (Wildman–Crippen MR) is 106 cm³/mol. The number of methoxy groups -OCH3 is 1. The van der Waals surface area contributed by atoms with Gasteiger partial charge in [-0.25, -0.2) is 0 Å². The predicted octanol–water partition coefficient (Wildman–Crippen LogP) is 3.08. The molecule has 2 aromatic carbocycles. The first-order valence-electron chi connectivity index (χ1n) is 9.68. The van der Waals surface area contributed by atoms with E-state index in [1.54, 1.807) is 0 Å². The van der Waals surface area contributed by atoms with Crippen molar-refractivity contribution in [1.29, 1.82) is 0 Å². The minimum atomic E-state index is -0.817. The van der Waals surface area contributed by atoms with Crippen LogP contribution in [-0.2, 0) is 41.8 Å². The third-order valence-corrected chi connectivity index (χ3v) is 4.88. The molecule has 1 heterocycles. The monoisotopic (exact) mass is 398 g/mol. The van der Waals surface area contributed by atoms with Crippen molar-refractivity contribution in [2.75, 3.05) is 7.11 Å². The maximum absolute atomic E-state index is 11.7. The van der Waals surface area contributed by atoms with Crippen LogP contribution >= 0.6 is 0 Å². The van der Waals surface area contributed by atoms with E-state index in [-0.39, 0.29) is 12.4 Å². The molecule has 1 aliphatic heterocycles. The average Bonchev–Trinajstić information content (AvgIpc) is 2.77. The van der Waals surface area contributed by atoms with Gasteiger partial charge < -0.3 is 23.7 Å². The SMILES string of the molecule is COC(=O)C[C@@H]1C[C@H](OCc2ccccc2)[C@@H](OCc2ccccc2)[C@H](C=O)O1. The fourth-order valence-corrected chi connectivity index (χ4v) is 3.38. The molecule has 0 radical (unpaired) electrons. The van der Waals surface area contributed by atoms with Crippen molar-refractivity contribution in [1.82, 2.24) is 0 Å². The lowest BCUT2D eigenvalue weighted by Gasteiger charge is -2.39. The second-order valence-corrected chi connectivity index (χ2v) is 6.97. The number of carbonyl (C=O) groups excluding carboxylic acids is 2. The molecule has 0 spiro atoms. The standard InChI is InChI=1S/C23H26O6/c1-26-22(25)13-19-12-20(27-15-17-8-4-2-5-9-17)23(21(14-24)29-19)28-16-18-10-6-3-7-11-18/h2-11,14,19-21,23H,12-13,15-16H2,1H3/t19-,20-,21-,23+/m0/s1. The van der Waals surface area contributed by atoms with Crippen molar-refractivity contribution in [3.8, 4) is 0 Å². The van der Waals surface area contributed by atoms with Crippen molar-refractivity contribution in [3.05, 3.63) is 71.8 Å². The van der Waals surface area contributed by atoms with Crippen LogP contribution in [-0.4, -0.2) is 43.8 Å². The van der Waals surface area contributed by atoms with E-state index < -0.39 is 24.4 Å². The van der Waals surface area contributed by atoms with Gasteiger partial charge in [-0.1, -0.05) is 60.7 Å². The van der Waals surface area contributed by atoms with E-state index in [4.69, 9.17) is 18.9 Å². The topological polar surface area (TPSA) is 71.1 Å². The summed E-state index contributed by atoms with van der Waals surface area (Å²) in [6.07, 6.45) is -1.01. The quantitative estimate of drug-likeness (QED) is 0.478. The van der Waals surface area contributed by atoms with E-state index in [2.05, 4.69) is 0 Å². The number of hydrogen-bond donors (Lipinski definition) is 0. The molecular formula is C23H26O6. The minimum absolute atomic E-state index is 0.0669. The largest absolute Gasteiger partial charge is 0.469 e. The molecule has 3 rings (SSSR count). The Hall–Kier alpha value is -2.54. The first-order valence-corrected chi connectivity index (χ1v) is 9.68. The molecule has 0 unspecified atom stereocenters. The zero-order valence-corrected chi connectivity index (χ0v) is 16.4. The van der Waals surface area contributed by atoms with Crippen molar-refractivity contribution >= 4 is 12.3 Å². The number of aldehydes is 1. The van der Waals surface area contributed by atoms with Gasteiger partial charge in [0.15, 0.2) is 6.29 Å². The van der Waals surface area contributed by atoms with Crippen LogP contribution in [0.15, 0.2) is 60.7 Å². The number of benzene rings is 2. The Morgan fingerprint density at radius 3 is 2.14 bits per heavy atom. The molecule has 4 atom stereocenters. The number of esters is 1. The van der Waals surface area contributed by atoms with Crippen LogP contribution in [0.1, 0.15) is 24.0 Å². The minimum Gasteiger partial charge on any atom is -0.469 e. The van der Waals surface area contributed by atoms with E-state index >= 15 is 0 Å². The van der Waals surface area contributed by atoms with Crippen LogP contribution in [0, 0.1) is 0 Å². The Morgan fingerprint density at radius 2 is 1.59 bits per heavy atom. The summed E-state index contributed by atoms with van der Waals surface area (Å²) in [5, 5.41) is 0. The fraction of sp³-hybridized carbons (Fsp3) is 0.391. The van der Waals surface area contributed by atoms with E-state index in [1.807, 2.05) is 60.7 Å². The Balaban J connectivity index is 1.71. The first kappa shape index (κ1) is 21.2. The van der Waals surface area contributed by atoms with Gasteiger partial charge in [0.1, 0.15) is 12.2 Å². The highest BCUT2D eigenvalue weighted by atomic mass is 16.6. The van der Waals surface area contributed by atoms with Gasteiger partial charge in [0.05, 0.1) is 39.0 Å². The van der Waals surface area contributed by atoms with Crippen LogP contribution in [0.2, 0.25) is 0 Å². The van der Waals surface area contributed by atoms with Crippen molar-refractivity contribution in [3.63, 3.8) is 0 Å². The number of ether oxygens (including phenoxy) is 4. The highest BCUT2D eigenvalue weighted by Gasteiger charge is 2.41. The number of rotatable bonds is 9. The summed E-state index contributed by atoms with van der Waals surface area (Å²) < 4.78 is 22.7. The first-order chi connectivity index (χ1) is 14.2. The molecule has 0 saturated carbocycles. The van der Waals surface area contributed by atoms with Gasteiger partial charge in [0, 0.05) is 6.42 Å². The Morgan fingerprint density at radius 1 is 1.00 bits per heavy atom. The van der Waals surface area contributed by atoms with Crippen LogP contribution in [0.25, 0.3) is 0 Å². The van der Waals surface area contributed by atoms with Gasteiger partial charge in [0.2, 0.25) is 0 Å². The van der Waals surface area contributed by atoms with Gasteiger partial charge in [-0.2, -0.15) is 0 Å². The van der Waals surface area contributed by atoms with E-state index in [9.17, 15) is 9.59 Å². The van der Waals surface area contributed by atoms with Gasteiger partial charge in [-0.05, 0) is 11.1 Å². The summed E-state index contributed by atoms with van der Waals surface area (Å²) >= 11 is 0. The fourth-order valence-electron chi connectivity index (χ4n) is 3.38. The normalized spacial score (nSPS) is 24.0. The van der Waals surface area contributed by atoms with Crippen molar-refractivity contribution in [2.24, 2.45) is 0 Å². The van der Waals surface area contributed by atoms with Gasteiger partial charge in [-0.15, -0.1) is 0 Å². The maximum Gasteiger partial charge on any atom is 0.308 e. The molecule has 154 valence electrons. The second-order valence-electron chi connectivity index (χ2n) is 6.97. The lowest BCUT2D eigenvalue weighted by atomic mass is 9.96. The van der Waals surface area contributed by atoms with Crippen molar-refractivity contribution in [2.45, 2.75) is 50.5 Å². The third-order valence-electron chi connectivity index (χ3n) is 4.88. The molecule has 1 fully saturated rings. The molecule has 0 aromatic heterocycles. The number of hydrogen-bond acceptors (Lipinski definition) is 6. The molecule has 0 aliphatic carbocycles. The molecular weight excluding hydrogens is 372 g/mol. The van der Waals surface area contributed by atoms with Gasteiger partial charge in [0.25, 0.3) is 0 Å². The molecule has 1 aliphatic rings. The summed E-state index contributed by atoms with van der Waals surface area (Å²) in [7, 11) is 1.33. The number of carbonyl (C=O) groups is 2. The van der Waals surface area contributed by atoms with Crippen molar-refractivity contribution < 1.29 is 28.5 Å². The lowest BCUT2D eigenvalue weighted by molar-refractivity contribution is -0.205. The molecule has 1 saturated heterocycles. The Labute approximate surface area is 170 Å². The van der Waals surface area contributed by atoms with E-state index in [1.165, 1.54) is 7.11 Å². The molecule has 6 nitrogen and oxygen atoms in total. The zero-order chi connectivity index (χ0) is 20.5. The summed E-state index contributed by atoms with van der Waals surface area (Å²) in [6.45, 7) is 0.722. The third kappa shape index (κ3) is 6.22. The molecule has 0 bridgehead atoms. The Kier molecular flexibility index (Phi) is 7.93.